The Morgan fingerprint density at radius 1 is 1.10 bits per heavy atom. The highest BCUT2D eigenvalue weighted by Gasteiger charge is 2.10. The molecule has 0 radical (unpaired) electrons. The number of hydrogen-bond acceptors (Lipinski definition) is 5. The summed E-state index contributed by atoms with van der Waals surface area (Å²) < 4.78 is 15.6. The van der Waals surface area contributed by atoms with E-state index in [1.54, 1.807) is 27.4 Å². The zero-order valence-electron chi connectivity index (χ0n) is 13.1. The van der Waals surface area contributed by atoms with Crippen LogP contribution in [0.4, 0.5) is 0 Å². The van der Waals surface area contributed by atoms with Gasteiger partial charge in [0.2, 0.25) is 0 Å². The average molecular weight is 295 g/mol. The van der Waals surface area contributed by atoms with Crippen molar-refractivity contribution in [2.75, 3.05) is 47.6 Å². The number of aldehydes is 1. The van der Waals surface area contributed by atoms with Crippen LogP contribution in [0.25, 0.3) is 0 Å². The molecule has 0 aliphatic rings. The molecular formula is C16H25NO4. The second-order valence-corrected chi connectivity index (χ2v) is 4.80. The lowest BCUT2D eigenvalue weighted by Gasteiger charge is -2.23. The third kappa shape index (κ3) is 6.25. The predicted octanol–water partition coefficient (Wildman–Crippen LogP) is 1.99. The normalized spacial score (nSPS) is 10.9. The van der Waals surface area contributed by atoms with Crippen molar-refractivity contribution in [3.05, 3.63) is 29.3 Å². The molecule has 1 aromatic carbocycles. The standard InChI is InChI=1S/C16H25NO4/c1-19-9-4-7-17(8-10-20-2)12-15-11-14(13-18)5-6-16(15)21-3/h5-6,11,13H,4,7-10,12H2,1-3H3. The van der Waals surface area contributed by atoms with E-state index < -0.39 is 0 Å². The van der Waals surface area contributed by atoms with Gasteiger partial charge < -0.3 is 14.2 Å². The van der Waals surface area contributed by atoms with E-state index in [2.05, 4.69) is 4.90 Å². The molecular weight excluding hydrogens is 270 g/mol. The fourth-order valence-corrected chi connectivity index (χ4v) is 2.16. The van der Waals surface area contributed by atoms with Crippen molar-refractivity contribution in [3.8, 4) is 5.75 Å². The molecule has 0 unspecified atom stereocenters. The molecule has 118 valence electrons. The van der Waals surface area contributed by atoms with Crippen LogP contribution in [0.2, 0.25) is 0 Å². The first-order valence-electron chi connectivity index (χ1n) is 7.07. The molecule has 0 bridgehead atoms. The van der Waals surface area contributed by atoms with Crippen LogP contribution in [0.5, 0.6) is 5.75 Å². The molecule has 0 N–H and O–H groups in total. The van der Waals surface area contributed by atoms with E-state index in [4.69, 9.17) is 14.2 Å². The Labute approximate surface area is 126 Å². The van der Waals surface area contributed by atoms with Gasteiger partial charge in [0.05, 0.1) is 13.7 Å². The van der Waals surface area contributed by atoms with Crippen molar-refractivity contribution < 1.29 is 19.0 Å². The minimum absolute atomic E-state index is 0.661. The molecule has 0 saturated carbocycles. The molecule has 5 heteroatoms. The molecule has 0 atom stereocenters. The van der Waals surface area contributed by atoms with E-state index >= 15 is 0 Å². The molecule has 21 heavy (non-hydrogen) atoms. The fourth-order valence-electron chi connectivity index (χ4n) is 2.16. The largest absolute Gasteiger partial charge is 0.496 e. The Balaban J connectivity index is 2.77. The molecule has 0 amide bonds. The van der Waals surface area contributed by atoms with Gasteiger partial charge in [-0.15, -0.1) is 0 Å². The highest BCUT2D eigenvalue weighted by atomic mass is 16.5. The number of methoxy groups -OCH3 is 3. The molecule has 0 saturated heterocycles. The van der Waals surface area contributed by atoms with E-state index in [0.717, 1.165) is 50.3 Å². The molecule has 0 spiro atoms. The number of nitrogens with zero attached hydrogens (tertiary/aromatic N) is 1. The lowest BCUT2D eigenvalue weighted by molar-refractivity contribution is 0.112. The van der Waals surface area contributed by atoms with E-state index in [9.17, 15) is 4.79 Å². The number of carbonyl (C=O) groups is 1. The monoisotopic (exact) mass is 295 g/mol. The zero-order valence-corrected chi connectivity index (χ0v) is 13.1. The van der Waals surface area contributed by atoms with Crippen LogP contribution >= 0.6 is 0 Å². The van der Waals surface area contributed by atoms with E-state index in [1.807, 2.05) is 12.1 Å². The quantitative estimate of drug-likeness (QED) is 0.461. The van der Waals surface area contributed by atoms with Crippen LogP contribution in [0.15, 0.2) is 18.2 Å². The lowest BCUT2D eigenvalue weighted by atomic mass is 10.1. The molecule has 0 heterocycles. The maximum Gasteiger partial charge on any atom is 0.150 e. The van der Waals surface area contributed by atoms with Gasteiger partial charge in [0, 0.05) is 51.6 Å². The number of rotatable bonds is 11. The third-order valence-corrected chi connectivity index (χ3v) is 3.27. The molecule has 1 rings (SSSR count). The maximum atomic E-state index is 10.9. The van der Waals surface area contributed by atoms with Crippen LogP contribution in [0.1, 0.15) is 22.3 Å². The van der Waals surface area contributed by atoms with Crippen LogP contribution < -0.4 is 4.74 Å². The minimum Gasteiger partial charge on any atom is -0.496 e. The van der Waals surface area contributed by atoms with Gasteiger partial charge in [0.1, 0.15) is 12.0 Å². The predicted molar refractivity (Wildman–Crippen MR) is 82.0 cm³/mol. The molecule has 1 aromatic rings. The second-order valence-electron chi connectivity index (χ2n) is 4.80. The number of hydrogen-bond donors (Lipinski definition) is 0. The first-order chi connectivity index (χ1) is 10.2. The van der Waals surface area contributed by atoms with Crippen LogP contribution in [0.3, 0.4) is 0 Å². The van der Waals surface area contributed by atoms with E-state index in [1.165, 1.54) is 0 Å². The van der Waals surface area contributed by atoms with E-state index in [-0.39, 0.29) is 0 Å². The first-order valence-corrected chi connectivity index (χ1v) is 7.07. The summed E-state index contributed by atoms with van der Waals surface area (Å²) in [5, 5.41) is 0. The van der Waals surface area contributed by atoms with Crippen molar-refractivity contribution in [2.24, 2.45) is 0 Å². The Bertz CT molecular complexity index is 423. The summed E-state index contributed by atoms with van der Waals surface area (Å²) in [4.78, 5) is 13.2. The summed E-state index contributed by atoms with van der Waals surface area (Å²) in [6.45, 7) is 3.86. The SMILES string of the molecule is COCCCN(CCOC)Cc1cc(C=O)ccc1OC. The van der Waals surface area contributed by atoms with Crippen LogP contribution in [-0.2, 0) is 16.0 Å². The minimum atomic E-state index is 0.661. The number of ether oxygens (including phenoxy) is 3. The Morgan fingerprint density at radius 3 is 2.48 bits per heavy atom. The maximum absolute atomic E-state index is 10.9. The summed E-state index contributed by atoms with van der Waals surface area (Å²) >= 11 is 0. The molecule has 0 fully saturated rings. The van der Waals surface area contributed by atoms with Gasteiger partial charge in [-0.05, 0) is 24.6 Å². The van der Waals surface area contributed by atoms with Gasteiger partial charge in [-0.3, -0.25) is 9.69 Å². The van der Waals surface area contributed by atoms with Gasteiger partial charge in [-0.25, -0.2) is 0 Å². The fraction of sp³-hybridized carbons (Fsp3) is 0.562. The van der Waals surface area contributed by atoms with Gasteiger partial charge in [-0.2, -0.15) is 0 Å². The van der Waals surface area contributed by atoms with E-state index in [0.29, 0.717) is 12.2 Å². The summed E-state index contributed by atoms with van der Waals surface area (Å²) in [6, 6.07) is 5.48. The topological polar surface area (TPSA) is 48.0 Å². The number of carbonyl (C=O) groups excluding carboxylic acids is 1. The molecule has 0 aliphatic carbocycles. The second kappa shape index (κ2) is 10.3. The van der Waals surface area contributed by atoms with Crippen molar-refractivity contribution in [1.29, 1.82) is 0 Å². The summed E-state index contributed by atoms with van der Waals surface area (Å²) in [5.41, 5.74) is 1.67. The Kier molecular flexibility index (Phi) is 8.66. The smallest absolute Gasteiger partial charge is 0.150 e. The van der Waals surface area contributed by atoms with Gasteiger partial charge in [-0.1, -0.05) is 0 Å². The van der Waals surface area contributed by atoms with Crippen LogP contribution in [0, 0.1) is 0 Å². The first kappa shape index (κ1) is 17.6. The van der Waals surface area contributed by atoms with Crippen molar-refractivity contribution in [1.82, 2.24) is 4.90 Å². The van der Waals surface area contributed by atoms with Gasteiger partial charge in [0.25, 0.3) is 0 Å². The third-order valence-electron chi connectivity index (χ3n) is 3.27. The Morgan fingerprint density at radius 2 is 1.86 bits per heavy atom. The summed E-state index contributed by atoms with van der Waals surface area (Å²) in [5.74, 6) is 0.801. The Hall–Kier alpha value is -1.43. The molecule has 5 nitrogen and oxygen atoms in total. The highest BCUT2D eigenvalue weighted by Crippen LogP contribution is 2.21. The summed E-state index contributed by atoms with van der Waals surface area (Å²) in [7, 11) is 5.04. The molecule has 0 aromatic heterocycles. The summed E-state index contributed by atoms with van der Waals surface area (Å²) in [6.07, 6.45) is 1.81. The highest BCUT2D eigenvalue weighted by molar-refractivity contribution is 5.75. The van der Waals surface area contributed by atoms with Crippen molar-refractivity contribution >= 4 is 6.29 Å². The van der Waals surface area contributed by atoms with Gasteiger partial charge in [0.15, 0.2) is 0 Å². The van der Waals surface area contributed by atoms with Crippen LogP contribution in [-0.4, -0.2) is 58.8 Å². The molecule has 0 aliphatic heterocycles. The van der Waals surface area contributed by atoms with Crippen molar-refractivity contribution in [2.45, 2.75) is 13.0 Å². The zero-order chi connectivity index (χ0) is 15.5. The van der Waals surface area contributed by atoms with Gasteiger partial charge >= 0.3 is 0 Å². The van der Waals surface area contributed by atoms with Crippen molar-refractivity contribution in [3.63, 3.8) is 0 Å². The average Bonchev–Trinajstić information content (AvgIpc) is 2.52. The lowest BCUT2D eigenvalue weighted by Crippen LogP contribution is -2.29. The number of benzene rings is 1.